The van der Waals surface area contributed by atoms with Crippen molar-refractivity contribution in [2.24, 2.45) is 0 Å². The van der Waals surface area contributed by atoms with Gasteiger partial charge >= 0.3 is 6.09 Å². The van der Waals surface area contributed by atoms with Crippen LogP contribution in [0.5, 0.6) is 0 Å². The third kappa shape index (κ3) is 7.28. The highest BCUT2D eigenvalue weighted by Crippen LogP contribution is 2.22. The van der Waals surface area contributed by atoms with Crippen LogP contribution in [-0.2, 0) is 16.1 Å². The third-order valence-corrected chi connectivity index (χ3v) is 4.55. The maximum atomic E-state index is 12.4. The fraction of sp³-hybridized carbons (Fsp3) is 0.160. The fourth-order valence-electron chi connectivity index (χ4n) is 2.91. The molecule has 7 nitrogen and oxygen atoms in total. The van der Waals surface area contributed by atoms with Gasteiger partial charge in [0.1, 0.15) is 6.61 Å². The summed E-state index contributed by atoms with van der Waals surface area (Å²) in [6.45, 7) is 0.506. The Labute approximate surface area is 186 Å². The van der Waals surface area contributed by atoms with E-state index in [2.05, 4.69) is 16.0 Å². The highest BCUT2D eigenvalue weighted by molar-refractivity contribution is 6.07. The molecule has 3 aromatic rings. The van der Waals surface area contributed by atoms with E-state index in [1.54, 1.807) is 48.5 Å². The van der Waals surface area contributed by atoms with E-state index in [4.69, 9.17) is 4.74 Å². The molecule has 7 heteroatoms. The second kappa shape index (κ2) is 11.9. The first kappa shape index (κ1) is 22.6. The summed E-state index contributed by atoms with van der Waals surface area (Å²) in [5, 5.41) is 8.25. The van der Waals surface area contributed by atoms with Gasteiger partial charge in [0.15, 0.2) is 0 Å². The minimum absolute atomic E-state index is 0.193. The minimum atomic E-state index is -0.525. The summed E-state index contributed by atoms with van der Waals surface area (Å²) in [7, 11) is 0. The number of hydrogen-bond donors (Lipinski definition) is 3. The van der Waals surface area contributed by atoms with Crippen LogP contribution in [0, 0.1) is 0 Å². The van der Waals surface area contributed by atoms with Gasteiger partial charge in [-0.2, -0.15) is 0 Å². The fourth-order valence-corrected chi connectivity index (χ4v) is 2.91. The second-order valence-electron chi connectivity index (χ2n) is 7.01. The maximum Gasteiger partial charge on any atom is 0.407 e. The molecule has 3 rings (SSSR count). The smallest absolute Gasteiger partial charge is 0.407 e. The zero-order valence-electron chi connectivity index (χ0n) is 17.5. The van der Waals surface area contributed by atoms with Crippen molar-refractivity contribution < 1.29 is 19.1 Å². The lowest BCUT2D eigenvalue weighted by atomic mass is 10.2. The van der Waals surface area contributed by atoms with Gasteiger partial charge in [0, 0.05) is 18.5 Å². The van der Waals surface area contributed by atoms with Crippen LogP contribution >= 0.6 is 0 Å². The van der Waals surface area contributed by atoms with Gasteiger partial charge < -0.3 is 20.7 Å². The van der Waals surface area contributed by atoms with Crippen molar-refractivity contribution >= 4 is 29.3 Å². The number of amides is 3. The Morgan fingerprint density at radius 2 is 1.31 bits per heavy atom. The van der Waals surface area contributed by atoms with E-state index in [0.717, 1.165) is 5.56 Å². The van der Waals surface area contributed by atoms with Gasteiger partial charge in [-0.05, 0) is 36.2 Å². The Bertz CT molecular complexity index is 1040. The van der Waals surface area contributed by atoms with Crippen LogP contribution in [0.2, 0.25) is 0 Å². The lowest BCUT2D eigenvalue weighted by Crippen LogP contribution is -2.26. The zero-order chi connectivity index (χ0) is 22.6. The number of nitrogens with one attached hydrogen (secondary N) is 3. The SMILES string of the molecule is O=C(CCCNC(=O)OCc1ccccc1)Nc1ccccc1NC(=O)c1ccccc1. The van der Waals surface area contributed by atoms with Crippen molar-refractivity contribution in [2.75, 3.05) is 17.2 Å². The molecule has 0 aromatic heterocycles. The summed E-state index contributed by atoms with van der Waals surface area (Å²) >= 11 is 0. The lowest BCUT2D eigenvalue weighted by Gasteiger charge is -2.12. The van der Waals surface area contributed by atoms with Crippen LogP contribution in [0.3, 0.4) is 0 Å². The van der Waals surface area contributed by atoms with E-state index in [-0.39, 0.29) is 24.8 Å². The van der Waals surface area contributed by atoms with Gasteiger partial charge in [0.2, 0.25) is 5.91 Å². The monoisotopic (exact) mass is 431 g/mol. The molecule has 0 atom stereocenters. The first-order valence-electron chi connectivity index (χ1n) is 10.3. The number of carbonyl (C=O) groups excluding carboxylic acids is 3. The van der Waals surface area contributed by atoms with Crippen LogP contribution in [0.4, 0.5) is 16.2 Å². The second-order valence-corrected chi connectivity index (χ2v) is 7.01. The zero-order valence-corrected chi connectivity index (χ0v) is 17.5. The largest absolute Gasteiger partial charge is 0.445 e. The van der Waals surface area contributed by atoms with Crippen molar-refractivity contribution in [3.63, 3.8) is 0 Å². The van der Waals surface area contributed by atoms with Crippen LogP contribution in [0.1, 0.15) is 28.8 Å². The number of hydrogen-bond acceptors (Lipinski definition) is 4. The Hall–Kier alpha value is -4.13. The summed E-state index contributed by atoms with van der Waals surface area (Å²) < 4.78 is 5.13. The van der Waals surface area contributed by atoms with Gasteiger partial charge in [0.25, 0.3) is 5.91 Å². The van der Waals surface area contributed by atoms with Crippen LogP contribution in [0.15, 0.2) is 84.9 Å². The average Bonchev–Trinajstić information content (AvgIpc) is 2.83. The first-order chi connectivity index (χ1) is 15.6. The number of para-hydroxylation sites is 2. The molecular weight excluding hydrogens is 406 g/mol. The average molecular weight is 431 g/mol. The molecular formula is C25H25N3O4. The summed E-state index contributed by atoms with van der Waals surface area (Å²) in [6, 6.07) is 25.2. The highest BCUT2D eigenvalue weighted by atomic mass is 16.5. The van der Waals surface area contributed by atoms with Gasteiger partial charge in [-0.1, -0.05) is 60.7 Å². The quantitative estimate of drug-likeness (QED) is 0.432. The van der Waals surface area contributed by atoms with Gasteiger partial charge in [0.05, 0.1) is 11.4 Å². The molecule has 0 radical (unpaired) electrons. The Kier molecular flexibility index (Phi) is 8.39. The maximum absolute atomic E-state index is 12.4. The van der Waals surface area contributed by atoms with E-state index in [9.17, 15) is 14.4 Å². The van der Waals surface area contributed by atoms with Crippen LogP contribution in [-0.4, -0.2) is 24.5 Å². The van der Waals surface area contributed by atoms with Crippen molar-refractivity contribution in [3.8, 4) is 0 Å². The molecule has 0 heterocycles. The molecule has 3 aromatic carbocycles. The highest BCUT2D eigenvalue weighted by Gasteiger charge is 2.11. The summed E-state index contributed by atoms with van der Waals surface area (Å²) in [5.41, 5.74) is 2.45. The topological polar surface area (TPSA) is 96.5 Å². The number of carbonyl (C=O) groups is 3. The van der Waals surface area contributed by atoms with Gasteiger partial charge in [-0.25, -0.2) is 4.79 Å². The molecule has 0 fully saturated rings. The number of alkyl carbamates (subject to hydrolysis) is 1. The molecule has 0 saturated heterocycles. The van der Waals surface area contributed by atoms with E-state index in [0.29, 0.717) is 29.9 Å². The number of anilines is 2. The molecule has 0 bridgehead atoms. The number of benzene rings is 3. The Morgan fingerprint density at radius 3 is 2.00 bits per heavy atom. The molecule has 3 amide bonds. The standard InChI is InChI=1S/C25H25N3O4/c29-23(16-9-17-26-25(31)32-18-19-10-3-1-4-11-19)27-21-14-7-8-15-22(21)28-24(30)20-12-5-2-6-13-20/h1-8,10-15H,9,16-18H2,(H,26,31)(H,27,29)(H,28,30). The molecule has 0 saturated carbocycles. The third-order valence-electron chi connectivity index (χ3n) is 4.55. The van der Waals surface area contributed by atoms with E-state index < -0.39 is 6.09 Å². The van der Waals surface area contributed by atoms with Gasteiger partial charge in [-0.3, -0.25) is 9.59 Å². The predicted octanol–water partition coefficient (Wildman–Crippen LogP) is 4.58. The summed E-state index contributed by atoms with van der Waals surface area (Å²) in [4.78, 5) is 36.4. The minimum Gasteiger partial charge on any atom is -0.445 e. The number of ether oxygens (including phenoxy) is 1. The van der Waals surface area contributed by atoms with Gasteiger partial charge in [-0.15, -0.1) is 0 Å². The summed E-state index contributed by atoms with van der Waals surface area (Å²) in [6.07, 6.45) is 0.133. The molecule has 0 spiro atoms. The molecule has 0 aliphatic heterocycles. The molecule has 0 unspecified atom stereocenters. The van der Waals surface area contributed by atoms with Crippen molar-refractivity contribution in [1.29, 1.82) is 0 Å². The molecule has 0 aliphatic carbocycles. The molecule has 0 aliphatic rings. The van der Waals surface area contributed by atoms with Crippen molar-refractivity contribution in [3.05, 3.63) is 96.1 Å². The van der Waals surface area contributed by atoms with E-state index in [1.165, 1.54) is 0 Å². The van der Waals surface area contributed by atoms with Crippen molar-refractivity contribution in [1.82, 2.24) is 5.32 Å². The Balaban J connectivity index is 1.40. The lowest BCUT2D eigenvalue weighted by molar-refractivity contribution is -0.116. The normalized spacial score (nSPS) is 10.1. The van der Waals surface area contributed by atoms with Crippen LogP contribution in [0.25, 0.3) is 0 Å². The first-order valence-corrected chi connectivity index (χ1v) is 10.3. The summed E-state index contributed by atoms with van der Waals surface area (Å²) in [5.74, 6) is -0.476. The Morgan fingerprint density at radius 1 is 0.719 bits per heavy atom. The van der Waals surface area contributed by atoms with E-state index >= 15 is 0 Å². The van der Waals surface area contributed by atoms with Crippen molar-refractivity contribution in [2.45, 2.75) is 19.4 Å². The van der Waals surface area contributed by atoms with E-state index in [1.807, 2.05) is 36.4 Å². The predicted molar refractivity (Wildman–Crippen MR) is 123 cm³/mol. The van der Waals surface area contributed by atoms with Crippen LogP contribution < -0.4 is 16.0 Å². The number of rotatable bonds is 9. The molecule has 164 valence electrons. The molecule has 3 N–H and O–H groups in total. The molecule has 32 heavy (non-hydrogen) atoms.